The fourth-order valence-corrected chi connectivity index (χ4v) is 0.949. The van der Waals surface area contributed by atoms with Crippen molar-refractivity contribution in [1.29, 1.82) is 0 Å². The maximum Gasteiger partial charge on any atom is 0.345 e. The first-order valence-electron chi connectivity index (χ1n) is 4.20. The van der Waals surface area contributed by atoms with E-state index in [1.54, 1.807) is 0 Å². The lowest BCUT2D eigenvalue weighted by Crippen LogP contribution is -2.18. The Bertz CT molecular complexity index is 98.3. The zero-order chi connectivity index (χ0) is 9.40. The molecular formula is C8H15F3O. The average molecular weight is 184 g/mol. The Morgan fingerprint density at radius 2 is 1.92 bits per heavy atom. The SMILES string of the molecule is CCCCCC(CF)OC(F)F. The Balaban J connectivity index is 3.39. The van der Waals surface area contributed by atoms with Crippen LogP contribution in [-0.2, 0) is 4.74 Å². The molecule has 0 aromatic carbocycles. The second-order valence-corrected chi connectivity index (χ2v) is 2.67. The fraction of sp³-hybridized carbons (Fsp3) is 1.00. The van der Waals surface area contributed by atoms with Crippen molar-refractivity contribution < 1.29 is 17.9 Å². The molecule has 0 aromatic rings. The third-order valence-electron chi connectivity index (χ3n) is 1.60. The Labute approximate surface area is 70.9 Å². The number of alkyl halides is 3. The second-order valence-electron chi connectivity index (χ2n) is 2.67. The first kappa shape index (κ1) is 11.8. The molecule has 0 aliphatic carbocycles. The van der Waals surface area contributed by atoms with Crippen LogP contribution < -0.4 is 0 Å². The molecule has 12 heavy (non-hydrogen) atoms. The summed E-state index contributed by atoms with van der Waals surface area (Å²) in [7, 11) is 0. The summed E-state index contributed by atoms with van der Waals surface area (Å²) in [6, 6.07) is 0. The number of halogens is 3. The summed E-state index contributed by atoms with van der Waals surface area (Å²) in [6.07, 6.45) is 2.14. The predicted molar refractivity (Wildman–Crippen MR) is 41.0 cm³/mol. The monoisotopic (exact) mass is 184 g/mol. The van der Waals surface area contributed by atoms with E-state index in [0.29, 0.717) is 6.42 Å². The van der Waals surface area contributed by atoms with Crippen LogP contribution in [0, 0.1) is 0 Å². The van der Waals surface area contributed by atoms with Crippen molar-refractivity contribution in [3.8, 4) is 0 Å². The van der Waals surface area contributed by atoms with Gasteiger partial charge < -0.3 is 4.74 Å². The minimum atomic E-state index is -2.85. The highest BCUT2D eigenvalue weighted by molar-refractivity contribution is 4.55. The summed E-state index contributed by atoms with van der Waals surface area (Å²) < 4.78 is 39.2. The molecule has 0 fully saturated rings. The van der Waals surface area contributed by atoms with Crippen LogP contribution >= 0.6 is 0 Å². The van der Waals surface area contributed by atoms with E-state index in [2.05, 4.69) is 4.74 Å². The molecule has 0 aliphatic heterocycles. The van der Waals surface area contributed by atoms with Gasteiger partial charge in [0.05, 0.1) is 6.10 Å². The summed E-state index contributed by atoms with van der Waals surface area (Å²) in [6.45, 7) is -1.68. The third-order valence-corrected chi connectivity index (χ3v) is 1.60. The van der Waals surface area contributed by atoms with Gasteiger partial charge in [0.2, 0.25) is 0 Å². The Hall–Kier alpha value is -0.250. The van der Waals surface area contributed by atoms with E-state index >= 15 is 0 Å². The first-order valence-corrected chi connectivity index (χ1v) is 4.20. The van der Waals surface area contributed by atoms with Crippen LogP contribution in [0.3, 0.4) is 0 Å². The largest absolute Gasteiger partial charge is 0.345 e. The van der Waals surface area contributed by atoms with Crippen LogP contribution in [0.15, 0.2) is 0 Å². The van der Waals surface area contributed by atoms with E-state index in [1.807, 2.05) is 6.92 Å². The Morgan fingerprint density at radius 3 is 2.33 bits per heavy atom. The predicted octanol–water partition coefficient (Wildman–Crippen LogP) is 3.14. The molecule has 0 radical (unpaired) electrons. The van der Waals surface area contributed by atoms with E-state index in [9.17, 15) is 13.2 Å². The lowest BCUT2D eigenvalue weighted by atomic mass is 10.1. The van der Waals surface area contributed by atoms with E-state index < -0.39 is 19.4 Å². The highest BCUT2D eigenvalue weighted by Crippen LogP contribution is 2.10. The molecule has 1 unspecified atom stereocenters. The van der Waals surface area contributed by atoms with Gasteiger partial charge in [-0.3, -0.25) is 0 Å². The maximum absolute atomic E-state index is 12.0. The van der Waals surface area contributed by atoms with Crippen molar-refractivity contribution >= 4 is 0 Å². The molecule has 0 bridgehead atoms. The highest BCUT2D eigenvalue weighted by Gasteiger charge is 2.13. The number of hydrogen-bond acceptors (Lipinski definition) is 1. The molecule has 0 aliphatic rings. The molecule has 4 heteroatoms. The molecular weight excluding hydrogens is 169 g/mol. The van der Waals surface area contributed by atoms with Crippen LogP contribution in [0.2, 0.25) is 0 Å². The molecule has 0 spiro atoms. The zero-order valence-corrected chi connectivity index (χ0v) is 7.23. The van der Waals surface area contributed by atoms with Crippen molar-refractivity contribution in [2.75, 3.05) is 6.67 Å². The van der Waals surface area contributed by atoms with Gasteiger partial charge in [0.15, 0.2) is 0 Å². The summed E-state index contributed by atoms with van der Waals surface area (Å²) in [5.74, 6) is 0. The maximum atomic E-state index is 12.0. The minimum Gasteiger partial charge on any atom is -0.317 e. The van der Waals surface area contributed by atoms with Crippen molar-refractivity contribution in [2.24, 2.45) is 0 Å². The van der Waals surface area contributed by atoms with Gasteiger partial charge >= 0.3 is 6.61 Å². The van der Waals surface area contributed by atoms with Gasteiger partial charge in [-0.15, -0.1) is 0 Å². The van der Waals surface area contributed by atoms with Gasteiger partial charge in [-0.1, -0.05) is 26.2 Å². The van der Waals surface area contributed by atoms with Gasteiger partial charge in [-0.05, 0) is 6.42 Å². The van der Waals surface area contributed by atoms with Gasteiger partial charge in [-0.2, -0.15) is 8.78 Å². The van der Waals surface area contributed by atoms with Crippen molar-refractivity contribution in [3.05, 3.63) is 0 Å². The van der Waals surface area contributed by atoms with Crippen LogP contribution in [0.4, 0.5) is 13.2 Å². The molecule has 0 saturated heterocycles. The fourth-order valence-electron chi connectivity index (χ4n) is 0.949. The molecule has 0 aromatic heterocycles. The molecule has 0 N–H and O–H groups in total. The normalized spacial score (nSPS) is 13.8. The topological polar surface area (TPSA) is 9.23 Å². The number of rotatable bonds is 7. The molecule has 0 amide bonds. The third kappa shape index (κ3) is 6.46. The van der Waals surface area contributed by atoms with Crippen LogP contribution in [0.5, 0.6) is 0 Å². The lowest BCUT2D eigenvalue weighted by molar-refractivity contribution is -0.168. The minimum absolute atomic E-state index is 0.384. The molecule has 0 heterocycles. The molecule has 74 valence electrons. The Kier molecular flexibility index (Phi) is 7.25. The molecule has 0 saturated carbocycles. The quantitative estimate of drug-likeness (QED) is 0.552. The van der Waals surface area contributed by atoms with E-state index in [0.717, 1.165) is 19.3 Å². The lowest BCUT2D eigenvalue weighted by Gasteiger charge is -2.12. The van der Waals surface area contributed by atoms with Crippen LogP contribution in [0.25, 0.3) is 0 Å². The molecule has 0 rings (SSSR count). The number of unbranched alkanes of at least 4 members (excludes halogenated alkanes) is 2. The summed E-state index contributed by atoms with van der Waals surface area (Å²) >= 11 is 0. The standard InChI is InChI=1S/C8H15F3O/c1-2-3-4-5-7(6-9)12-8(10)11/h7-8H,2-6H2,1H3. The van der Waals surface area contributed by atoms with Gasteiger partial charge in [0, 0.05) is 0 Å². The number of ether oxygens (including phenoxy) is 1. The summed E-state index contributed by atoms with van der Waals surface area (Å²) in [5.41, 5.74) is 0. The van der Waals surface area contributed by atoms with E-state index in [1.165, 1.54) is 0 Å². The van der Waals surface area contributed by atoms with E-state index in [-0.39, 0.29) is 0 Å². The van der Waals surface area contributed by atoms with Crippen LogP contribution in [0.1, 0.15) is 32.6 Å². The molecule has 1 nitrogen and oxygen atoms in total. The number of hydrogen-bond donors (Lipinski definition) is 0. The second kappa shape index (κ2) is 7.40. The zero-order valence-electron chi connectivity index (χ0n) is 7.23. The average Bonchev–Trinajstić information content (AvgIpc) is 2.02. The van der Waals surface area contributed by atoms with Crippen LogP contribution in [-0.4, -0.2) is 19.4 Å². The van der Waals surface area contributed by atoms with Crippen molar-refractivity contribution in [1.82, 2.24) is 0 Å². The summed E-state index contributed by atoms with van der Waals surface area (Å²) in [4.78, 5) is 0. The Morgan fingerprint density at radius 1 is 1.25 bits per heavy atom. The van der Waals surface area contributed by atoms with Crippen molar-refractivity contribution in [2.45, 2.75) is 45.3 Å². The smallest absolute Gasteiger partial charge is 0.317 e. The van der Waals surface area contributed by atoms with Gasteiger partial charge in [-0.25, -0.2) is 4.39 Å². The first-order chi connectivity index (χ1) is 5.70. The summed E-state index contributed by atoms with van der Waals surface area (Å²) in [5, 5.41) is 0. The highest BCUT2D eigenvalue weighted by atomic mass is 19.3. The van der Waals surface area contributed by atoms with E-state index in [4.69, 9.17) is 0 Å². The molecule has 1 atom stereocenters. The van der Waals surface area contributed by atoms with Gasteiger partial charge in [0.25, 0.3) is 0 Å². The van der Waals surface area contributed by atoms with Crippen molar-refractivity contribution in [3.63, 3.8) is 0 Å². The van der Waals surface area contributed by atoms with Gasteiger partial charge in [0.1, 0.15) is 6.67 Å².